The molecule has 0 saturated carbocycles. The van der Waals surface area contributed by atoms with Crippen LogP contribution >= 0.6 is 11.6 Å². The summed E-state index contributed by atoms with van der Waals surface area (Å²) in [5.74, 6) is 1.76. The maximum absolute atomic E-state index is 12.0. The second-order valence-corrected chi connectivity index (χ2v) is 4.87. The van der Waals surface area contributed by atoms with Crippen LogP contribution in [-0.2, 0) is 11.2 Å². The van der Waals surface area contributed by atoms with Gasteiger partial charge in [-0.15, -0.1) is 11.6 Å². The first-order valence-corrected chi connectivity index (χ1v) is 6.91. The van der Waals surface area contributed by atoms with Crippen molar-refractivity contribution in [2.24, 2.45) is 0 Å². The summed E-state index contributed by atoms with van der Waals surface area (Å²) in [4.78, 5) is 16.2. The molecule has 0 aromatic carbocycles. The molecule has 0 spiro atoms. The van der Waals surface area contributed by atoms with E-state index in [-0.39, 0.29) is 5.91 Å². The number of rotatable bonds is 5. The van der Waals surface area contributed by atoms with E-state index in [1.165, 1.54) is 0 Å². The minimum absolute atomic E-state index is 0.219. The molecule has 18 heavy (non-hydrogen) atoms. The maximum atomic E-state index is 12.0. The fourth-order valence-electron chi connectivity index (χ4n) is 2.18. The maximum Gasteiger partial charge on any atom is 0.223 e. The number of furan rings is 1. The van der Waals surface area contributed by atoms with Crippen LogP contribution in [0.15, 0.2) is 22.8 Å². The third kappa shape index (κ3) is 3.75. The van der Waals surface area contributed by atoms with E-state index in [4.69, 9.17) is 16.0 Å². The molecule has 0 bridgehead atoms. The Kier molecular flexibility index (Phi) is 5.08. The lowest BCUT2D eigenvalue weighted by Gasteiger charge is -2.34. The standard InChI is InChI=1S/C13H19ClN2O2/c14-5-6-15-7-9-16(10-8-15)13(17)4-3-12-2-1-11-18-12/h1-2,11H,3-10H2. The van der Waals surface area contributed by atoms with E-state index in [1.54, 1.807) is 6.26 Å². The fourth-order valence-corrected chi connectivity index (χ4v) is 2.42. The van der Waals surface area contributed by atoms with Crippen LogP contribution in [0, 0.1) is 0 Å². The third-order valence-corrected chi connectivity index (χ3v) is 3.46. The molecular weight excluding hydrogens is 252 g/mol. The Bertz CT molecular complexity index is 359. The van der Waals surface area contributed by atoms with Gasteiger partial charge in [-0.05, 0) is 12.1 Å². The summed E-state index contributed by atoms with van der Waals surface area (Å²) in [5, 5.41) is 0. The predicted octanol–water partition coefficient (Wildman–Crippen LogP) is 1.60. The summed E-state index contributed by atoms with van der Waals surface area (Å²) in [5.41, 5.74) is 0. The first-order valence-electron chi connectivity index (χ1n) is 6.38. The Balaban J connectivity index is 1.70. The summed E-state index contributed by atoms with van der Waals surface area (Å²) in [7, 11) is 0. The molecule has 0 N–H and O–H groups in total. The van der Waals surface area contributed by atoms with Crippen LogP contribution in [-0.4, -0.2) is 54.3 Å². The Labute approximate surface area is 112 Å². The fraction of sp³-hybridized carbons (Fsp3) is 0.615. The van der Waals surface area contributed by atoms with Gasteiger partial charge in [0.15, 0.2) is 0 Å². The Hall–Kier alpha value is -1.00. The molecule has 2 heterocycles. The van der Waals surface area contributed by atoms with Crippen molar-refractivity contribution in [1.82, 2.24) is 9.80 Å². The number of alkyl halides is 1. The van der Waals surface area contributed by atoms with Crippen LogP contribution in [0.1, 0.15) is 12.2 Å². The summed E-state index contributed by atoms with van der Waals surface area (Å²) in [6.07, 6.45) is 2.86. The highest BCUT2D eigenvalue weighted by atomic mass is 35.5. The van der Waals surface area contributed by atoms with Crippen molar-refractivity contribution in [3.8, 4) is 0 Å². The molecule has 1 saturated heterocycles. The van der Waals surface area contributed by atoms with Crippen molar-refractivity contribution in [2.45, 2.75) is 12.8 Å². The van der Waals surface area contributed by atoms with Gasteiger partial charge in [-0.2, -0.15) is 0 Å². The first kappa shape index (κ1) is 13.4. The van der Waals surface area contributed by atoms with Gasteiger partial charge in [0, 0.05) is 51.4 Å². The van der Waals surface area contributed by atoms with Crippen LogP contribution < -0.4 is 0 Å². The average molecular weight is 271 g/mol. The minimum Gasteiger partial charge on any atom is -0.469 e. The lowest BCUT2D eigenvalue weighted by atomic mass is 10.2. The van der Waals surface area contributed by atoms with Crippen LogP contribution in [0.5, 0.6) is 0 Å². The number of carbonyl (C=O) groups is 1. The molecular formula is C13H19ClN2O2. The zero-order valence-corrected chi connectivity index (χ0v) is 11.2. The third-order valence-electron chi connectivity index (χ3n) is 3.29. The number of aryl methyl sites for hydroxylation is 1. The monoisotopic (exact) mass is 270 g/mol. The zero-order valence-electron chi connectivity index (χ0n) is 10.5. The van der Waals surface area contributed by atoms with Crippen LogP contribution in [0.25, 0.3) is 0 Å². The van der Waals surface area contributed by atoms with Crippen LogP contribution in [0.4, 0.5) is 0 Å². The number of piperazine rings is 1. The lowest BCUT2D eigenvalue weighted by Crippen LogP contribution is -2.49. The summed E-state index contributed by atoms with van der Waals surface area (Å²) < 4.78 is 5.23. The highest BCUT2D eigenvalue weighted by Crippen LogP contribution is 2.08. The number of amides is 1. The second-order valence-electron chi connectivity index (χ2n) is 4.49. The Morgan fingerprint density at radius 3 is 2.72 bits per heavy atom. The van der Waals surface area contributed by atoms with E-state index in [0.717, 1.165) is 38.5 Å². The molecule has 0 atom stereocenters. The Morgan fingerprint density at radius 2 is 2.11 bits per heavy atom. The van der Waals surface area contributed by atoms with Gasteiger partial charge in [-0.1, -0.05) is 0 Å². The lowest BCUT2D eigenvalue weighted by molar-refractivity contribution is -0.132. The van der Waals surface area contributed by atoms with Gasteiger partial charge in [-0.3, -0.25) is 9.69 Å². The molecule has 100 valence electrons. The molecule has 1 aromatic rings. The van der Waals surface area contributed by atoms with Gasteiger partial charge in [0.1, 0.15) is 5.76 Å². The number of carbonyl (C=O) groups excluding carboxylic acids is 1. The van der Waals surface area contributed by atoms with E-state index in [1.807, 2.05) is 17.0 Å². The van der Waals surface area contributed by atoms with Crippen LogP contribution in [0.2, 0.25) is 0 Å². The van der Waals surface area contributed by atoms with E-state index < -0.39 is 0 Å². The summed E-state index contributed by atoms with van der Waals surface area (Å²) in [6.45, 7) is 4.40. The molecule has 1 amide bonds. The summed E-state index contributed by atoms with van der Waals surface area (Å²) in [6, 6.07) is 3.76. The topological polar surface area (TPSA) is 36.7 Å². The smallest absolute Gasteiger partial charge is 0.223 e. The van der Waals surface area contributed by atoms with E-state index >= 15 is 0 Å². The van der Waals surface area contributed by atoms with E-state index in [0.29, 0.717) is 18.7 Å². The Morgan fingerprint density at radius 1 is 1.33 bits per heavy atom. The van der Waals surface area contributed by atoms with Crippen molar-refractivity contribution in [1.29, 1.82) is 0 Å². The van der Waals surface area contributed by atoms with E-state index in [9.17, 15) is 4.79 Å². The molecule has 5 heteroatoms. The van der Waals surface area contributed by atoms with Crippen molar-refractivity contribution >= 4 is 17.5 Å². The highest BCUT2D eigenvalue weighted by Gasteiger charge is 2.20. The van der Waals surface area contributed by atoms with Gasteiger partial charge >= 0.3 is 0 Å². The minimum atomic E-state index is 0.219. The van der Waals surface area contributed by atoms with Crippen molar-refractivity contribution in [2.75, 3.05) is 38.6 Å². The largest absolute Gasteiger partial charge is 0.469 e. The second kappa shape index (κ2) is 6.81. The van der Waals surface area contributed by atoms with Crippen LogP contribution in [0.3, 0.4) is 0 Å². The van der Waals surface area contributed by atoms with Gasteiger partial charge in [-0.25, -0.2) is 0 Å². The van der Waals surface area contributed by atoms with Gasteiger partial charge < -0.3 is 9.32 Å². The molecule has 0 radical (unpaired) electrons. The number of hydrogen-bond acceptors (Lipinski definition) is 3. The predicted molar refractivity (Wildman–Crippen MR) is 70.8 cm³/mol. The van der Waals surface area contributed by atoms with Crippen molar-refractivity contribution in [3.63, 3.8) is 0 Å². The molecule has 0 unspecified atom stereocenters. The molecule has 1 fully saturated rings. The van der Waals surface area contributed by atoms with Crippen molar-refractivity contribution < 1.29 is 9.21 Å². The molecule has 1 aliphatic rings. The number of nitrogens with zero attached hydrogens (tertiary/aromatic N) is 2. The first-order chi connectivity index (χ1) is 8.79. The normalized spacial score (nSPS) is 17.1. The molecule has 2 rings (SSSR count). The number of halogens is 1. The summed E-state index contributed by atoms with van der Waals surface area (Å²) >= 11 is 5.71. The molecule has 1 aliphatic heterocycles. The molecule has 4 nitrogen and oxygen atoms in total. The van der Waals surface area contributed by atoms with Gasteiger partial charge in [0.25, 0.3) is 0 Å². The average Bonchev–Trinajstić information content (AvgIpc) is 2.90. The quantitative estimate of drug-likeness (QED) is 0.763. The SMILES string of the molecule is O=C(CCc1ccco1)N1CCN(CCCl)CC1. The van der Waals surface area contributed by atoms with Crippen molar-refractivity contribution in [3.05, 3.63) is 24.2 Å². The molecule has 1 aromatic heterocycles. The zero-order chi connectivity index (χ0) is 12.8. The number of hydrogen-bond donors (Lipinski definition) is 0. The van der Waals surface area contributed by atoms with E-state index in [2.05, 4.69) is 4.90 Å². The molecule has 0 aliphatic carbocycles. The van der Waals surface area contributed by atoms with Gasteiger partial charge in [0.05, 0.1) is 6.26 Å². The van der Waals surface area contributed by atoms with Gasteiger partial charge in [0.2, 0.25) is 5.91 Å². The highest BCUT2D eigenvalue weighted by molar-refractivity contribution is 6.18.